The van der Waals surface area contributed by atoms with Gasteiger partial charge in [0.2, 0.25) is 0 Å². The number of carbonyl (C=O) groups excluding carboxylic acids is 1. The van der Waals surface area contributed by atoms with Gasteiger partial charge in [-0.05, 0) is 43.1 Å². The number of amides is 1. The van der Waals surface area contributed by atoms with Gasteiger partial charge in [0.05, 0.1) is 0 Å². The number of carbonyl (C=O) groups is 1. The zero-order valence-electron chi connectivity index (χ0n) is 15.6. The Morgan fingerprint density at radius 2 is 1.89 bits per heavy atom. The number of rotatable bonds is 5. The van der Waals surface area contributed by atoms with Gasteiger partial charge in [-0.25, -0.2) is 9.07 Å². The Bertz CT molecular complexity index is 940. The first-order chi connectivity index (χ1) is 13.7. The van der Waals surface area contributed by atoms with Crippen molar-refractivity contribution in [1.29, 1.82) is 0 Å². The minimum atomic E-state index is -0.374. The van der Waals surface area contributed by atoms with E-state index in [9.17, 15) is 9.18 Å². The predicted octanol–water partition coefficient (Wildman–Crippen LogP) is 3.41. The highest BCUT2D eigenvalue weighted by Gasteiger charge is 2.23. The van der Waals surface area contributed by atoms with Gasteiger partial charge in [0.1, 0.15) is 11.5 Å². The topological polar surface area (TPSA) is 50.2 Å². The molecule has 1 amide bonds. The van der Waals surface area contributed by atoms with E-state index in [-0.39, 0.29) is 17.8 Å². The second-order valence-corrected chi connectivity index (χ2v) is 7.13. The monoisotopic (exact) mass is 378 g/mol. The van der Waals surface area contributed by atoms with E-state index in [1.165, 1.54) is 16.3 Å². The van der Waals surface area contributed by atoms with Crippen LogP contribution >= 0.6 is 0 Å². The summed E-state index contributed by atoms with van der Waals surface area (Å²) in [5, 5.41) is 7.32. The standard InChI is InChI=1S/C22H23FN4O/c23-19-10-4-5-11-21(19)27-14-12-20(25-27)22(28)24-18-9-6-13-26(16-18)15-17-7-2-1-3-8-17/h1-5,7-8,10-12,14,18H,6,9,13,15-16H2,(H,24,28). The van der Waals surface area contributed by atoms with Crippen LogP contribution in [-0.2, 0) is 6.54 Å². The lowest BCUT2D eigenvalue weighted by molar-refractivity contribution is 0.0895. The highest BCUT2D eigenvalue weighted by atomic mass is 19.1. The molecule has 2 heterocycles. The fourth-order valence-corrected chi connectivity index (χ4v) is 3.63. The summed E-state index contributed by atoms with van der Waals surface area (Å²) in [5.74, 6) is -0.594. The van der Waals surface area contributed by atoms with Crippen molar-refractivity contribution in [2.75, 3.05) is 13.1 Å². The minimum Gasteiger partial charge on any atom is -0.347 e. The molecule has 1 aliphatic rings. The Balaban J connectivity index is 1.38. The van der Waals surface area contributed by atoms with Crippen LogP contribution in [0.2, 0.25) is 0 Å². The van der Waals surface area contributed by atoms with E-state index in [1.807, 2.05) is 18.2 Å². The summed E-state index contributed by atoms with van der Waals surface area (Å²) in [6.07, 6.45) is 3.60. The molecule has 0 bridgehead atoms. The van der Waals surface area contributed by atoms with Gasteiger partial charge in [-0.1, -0.05) is 42.5 Å². The molecule has 2 aromatic carbocycles. The lowest BCUT2D eigenvalue weighted by Crippen LogP contribution is -2.47. The molecular formula is C22H23FN4O. The lowest BCUT2D eigenvalue weighted by atomic mass is 10.0. The average Bonchev–Trinajstić information content (AvgIpc) is 3.20. The molecule has 0 spiro atoms. The number of piperidine rings is 1. The predicted molar refractivity (Wildman–Crippen MR) is 106 cm³/mol. The van der Waals surface area contributed by atoms with Crippen LogP contribution in [0, 0.1) is 5.82 Å². The molecule has 6 heteroatoms. The van der Waals surface area contributed by atoms with Crippen LogP contribution in [0.4, 0.5) is 4.39 Å². The molecule has 0 aliphatic carbocycles. The number of nitrogens with one attached hydrogen (secondary N) is 1. The van der Waals surface area contributed by atoms with E-state index in [0.717, 1.165) is 32.5 Å². The fraction of sp³-hybridized carbons (Fsp3) is 0.273. The second-order valence-electron chi connectivity index (χ2n) is 7.13. The maximum Gasteiger partial charge on any atom is 0.272 e. The molecule has 28 heavy (non-hydrogen) atoms. The molecule has 5 nitrogen and oxygen atoms in total. The second kappa shape index (κ2) is 8.35. The van der Waals surface area contributed by atoms with Crippen LogP contribution in [0.1, 0.15) is 28.9 Å². The van der Waals surface area contributed by atoms with Crippen LogP contribution < -0.4 is 5.32 Å². The van der Waals surface area contributed by atoms with E-state index in [4.69, 9.17) is 0 Å². The molecule has 3 aromatic rings. The van der Waals surface area contributed by atoms with Crippen LogP contribution in [0.5, 0.6) is 0 Å². The Labute approximate surface area is 163 Å². The largest absolute Gasteiger partial charge is 0.347 e. The molecular weight excluding hydrogens is 355 g/mol. The number of aromatic nitrogens is 2. The molecule has 1 N–H and O–H groups in total. The van der Waals surface area contributed by atoms with Crippen LogP contribution in [0.3, 0.4) is 0 Å². The highest BCUT2D eigenvalue weighted by molar-refractivity contribution is 5.92. The van der Waals surface area contributed by atoms with E-state index in [2.05, 4.69) is 27.4 Å². The van der Waals surface area contributed by atoms with Crippen LogP contribution in [-0.4, -0.2) is 39.7 Å². The van der Waals surface area contributed by atoms with Crippen molar-refractivity contribution >= 4 is 5.91 Å². The summed E-state index contributed by atoms with van der Waals surface area (Å²) >= 11 is 0. The molecule has 1 unspecified atom stereocenters. The normalized spacial score (nSPS) is 17.4. The first kappa shape index (κ1) is 18.4. The van der Waals surface area contributed by atoms with Gasteiger partial charge >= 0.3 is 0 Å². The maximum absolute atomic E-state index is 13.9. The fourth-order valence-electron chi connectivity index (χ4n) is 3.63. The quantitative estimate of drug-likeness (QED) is 0.740. The zero-order valence-corrected chi connectivity index (χ0v) is 15.6. The van der Waals surface area contributed by atoms with Crippen molar-refractivity contribution in [3.8, 4) is 5.69 Å². The average molecular weight is 378 g/mol. The summed E-state index contributed by atoms with van der Waals surface area (Å²) in [7, 11) is 0. The smallest absolute Gasteiger partial charge is 0.272 e. The number of likely N-dealkylation sites (tertiary alicyclic amines) is 1. The van der Waals surface area contributed by atoms with Crippen molar-refractivity contribution in [3.05, 3.63) is 83.9 Å². The molecule has 1 saturated heterocycles. The van der Waals surface area contributed by atoms with Crippen molar-refractivity contribution in [3.63, 3.8) is 0 Å². The van der Waals surface area contributed by atoms with Gasteiger partial charge in [0, 0.05) is 25.3 Å². The SMILES string of the molecule is O=C(NC1CCCN(Cc2ccccc2)C1)c1ccn(-c2ccccc2F)n1. The summed E-state index contributed by atoms with van der Waals surface area (Å²) in [6, 6.07) is 18.4. The Morgan fingerprint density at radius 3 is 2.71 bits per heavy atom. The Kier molecular flexibility index (Phi) is 5.48. The molecule has 4 rings (SSSR count). The van der Waals surface area contributed by atoms with E-state index in [1.54, 1.807) is 30.5 Å². The number of para-hydroxylation sites is 1. The van der Waals surface area contributed by atoms with Crippen molar-refractivity contribution in [2.45, 2.75) is 25.4 Å². The Morgan fingerprint density at radius 1 is 1.11 bits per heavy atom. The summed E-state index contributed by atoms with van der Waals surface area (Å²) in [6.45, 7) is 2.73. The molecule has 1 fully saturated rings. The van der Waals surface area contributed by atoms with Crippen LogP contribution in [0.25, 0.3) is 5.69 Å². The summed E-state index contributed by atoms with van der Waals surface area (Å²) < 4.78 is 15.3. The minimum absolute atomic E-state index is 0.0866. The molecule has 0 saturated carbocycles. The third-order valence-electron chi connectivity index (χ3n) is 5.01. The number of hydrogen-bond donors (Lipinski definition) is 1. The van der Waals surface area contributed by atoms with Crippen molar-refractivity contribution < 1.29 is 9.18 Å². The molecule has 1 aliphatic heterocycles. The summed E-state index contributed by atoms with van der Waals surface area (Å²) in [5.41, 5.74) is 1.90. The van der Waals surface area contributed by atoms with Crippen LogP contribution in [0.15, 0.2) is 66.9 Å². The van der Waals surface area contributed by atoms with Gasteiger partial charge in [-0.2, -0.15) is 5.10 Å². The van der Waals surface area contributed by atoms with Gasteiger partial charge in [0.15, 0.2) is 5.69 Å². The van der Waals surface area contributed by atoms with E-state index in [0.29, 0.717) is 11.4 Å². The van der Waals surface area contributed by atoms with E-state index >= 15 is 0 Å². The number of benzene rings is 2. The third kappa shape index (κ3) is 4.28. The highest BCUT2D eigenvalue weighted by Crippen LogP contribution is 2.15. The Hall–Kier alpha value is -2.99. The maximum atomic E-state index is 13.9. The first-order valence-electron chi connectivity index (χ1n) is 9.57. The third-order valence-corrected chi connectivity index (χ3v) is 5.01. The number of nitrogens with zero attached hydrogens (tertiary/aromatic N) is 3. The molecule has 1 atom stereocenters. The summed E-state index contributed by atoms with van der Waals surface area (Å²) in [4.78, 5) is 15.0. The van der Waals surface area contributed by atoms with Gasteiger partial charge in [-0.3, -0.25) is 9.69 Å². The first-order valence-corrected chi connectivity index (χ1v) is 9.57. The lowest BCUT2D eigenvalue weighted by Gasteiger charge is -2.33. The number of hydrogen-bond acceptors (Lipinski definition) is 3. The van der Waals surface area contributed by atoms with Gasteiger partial charge in [0.25, 0.3) is 5.91 Å². The van der Waals surface area contributed by atoms with Crippen molar-refractivity contribution in [2.24, 2.45) is 0 Å². The molecule has 1 aromatic heterocycles. The molecule has 0 radical (unpaired) electrons. The number of halogens is 1. The molecule has 144 valence electrons. The van der Waals surface area contributed by atoms with Gasteiger partial charge in [-0.15, -0.1) is 0 Å². The van der Waals surface area contributed by atoms with E-state index < -0.39 is 0 Å². The van der Waals surface area contributed by atoms with Gasteiger partial charge < -0.3 is 5.32 Å². The zero-order chi connectivity index (χ0) is 19.3. The van der Waals surface area contributed by atoms with Crippen molar-refractivity contribution in [1.82, 2.24) is 20.0 Å².